The Morgan fingerprint density at radius 3 is 2.54 bits per heavy atom. The molecule has 1 amide bonds. The second-order valence-electron chi connectivity index (χ2n) is 2.85. The Kier molecular flexibility index (Phi) is 7.63. The van der Waals surface area contributed by atoms with E-state index in [0.29, 0.717) is 6.42 Å². The van der Waals surface area contributed by atoms with E-state index in [0.717, 1.165) is 32.8 Å². The summed E-state index contributed by atoms with van der Waals surface area (Å²) in [7, 11) is 0. The molecule has 0 spiro atoms. The Labute approximate surface area is 80.0 Å². The number of hydrogen-bond donors (Lipinski definition) is 1. The zero-order chi connectivity index (χ0) is 10.1. The summed E-state index contributed by atoms with van der Waals surface area (Å²) in [6.45, 7) is 8.04. The van der Waals surface area contributed by atoms with E-state index in [1.807, 2.05) is 6.92 Å². The third kappa shape index (κ3) is 7.74. The van der Waals surface area contributed by atoms with Crippen LogP contribution in [0.4, 0.5) is 0 Å². The predicted molar refractivity (Wildman–Crippen MR) is 52.4 cm³/mol. The molecule has 0 fully saturated rings. The van der Waals surface area contributed by atoms with Crippen molar-refractivity contribution in [3.05, 3.63) is 0 Å². The van der Waals surface area contributed by atoms with E-state index in [1.165, 1.54) is 0 Å². The summed E-state index contributed by atoms with van der Waals surface area (Å²) in [5.74, 6) is -0.241. The van der Waals surface area contributed by atoms with E-state index in [2.05, 4.69) is 11.8 Å². The van der Waals surface area contributed by atoms with Crippen molar-refractivity contribution in [1.82, 2.24) is 4.90 Å². The fourth-order valence-corrected chi connectivity index (χ4v) is 1.03. The van der Waals surface area contributed by atoms with Gasteiger partial charge in [-0.1, -0.05) is 6.92 Å². The van der Waals surface area contributed by atoms with Crippen molar-refractivity contribution in [2.75, 3.05) is 32.8 Å². The zero-order valence-corrected chi connectivity index (χ0v) is 8.58. The van der Waals surface area contributed by atoms with Crippen molar-refractivity contribution in [2.45, 2.75) is 20.3 Å². The van der Waals surface area contributed by atoms with Gasteiger partial charge in [-0.3, -0.25) is 4.79 Å². The van der Waals surface area contributed by atoms with Gasteiger partial charge in [0.25, 0.3) is 0 Å². The normalized spacial score (nSPS) is 10.7. The molecular formula is C9H20N2O2. The number of likely N-dealkylation sites (N-methyl/N-ethyl adjacent to an activating group) is 1. The lowest BCUT2D eigenvalue weighted by Crippen LogP contribution is -2.31. The van der Waals surface area contributed by atoms with Crippen molar-refractivity contribution in [3.8, 4) is 0 Å². The van der Waals surface area contributed by atoms with Crippen LogP contribution in [0.1, 0.15) is 20.3 Å². The maximum Gasteiger partial charge on any atom is 0.218 e. The van der Waals surface area contributed by atoms with Crippen LogP contribution in [-0.2, 0) is 9.53 Å². The molecule has 0 heterocycles. The number of ether oxygens (including phenoxy) is 1. The first-order chi connectivity index (χ1) is 6.20. The van der Waals surface area contributed by atoms with Gasteiger partial charge in [-0.25, -0.2) is 0 Å². The molecule has 13 heavy (non-hydrogen) atoms. The lowest BCUT2D eigenvalue weighted by Gasteiger charge is -2.18. The maximum atomic E-state index is 10.5. The number of carbonyl (C=O) groups excluding carboxylic acids is 1. The molecule has 0 aromatic carbocycles. The van der Waals surface area contributed by atoms with Crippen molar-refractivity contribution in [2.24, 2.45) is 5.73 Å². The van der Waals surface area contributed by atoms with Crippen LogP contribution < -0.4 is 5.73 Å². The predicted octanol–water partition coefficient (Wildman–Crippen LogP) is 0.220. The fourth-order valence-electron chi connectivity index (χ4n) is 1.03. The lowest BCUT2D eigenvalue weighted by atomic mass is 10.3. The average molecular weight is 188 g/mol. The van der Waals surface area contributed by atoms with E-state index in [1.54, 1.807) is 0 Å². The molecule has 0 rings (SSSR count). The molecule has 0 bridgehead atoms. The fraction of sp³-hybridized carbons (Fsp3) is 0.889. The summed E-state index contributed by atoms with van der Waals surface area (Å²) in [6, 6.07) is 0. The van der Waals surface area contributed by atoms with E-state index >= 15 is 0 Å². The van der Waals surface area contributed by atoms with Crippen molar-refractivity contribution >= 4 is 5.91 Å². The molecule has 0 unspecified atom stereocenters. The van der Waals surface area contributed by atoms with Crippen LogP contribution >= 0.6 is 0 Å². The maximum absolute atomic E-state index is 10.5. The van der Waals surface area contributed by atoms with Gasteiger partial charge in [0.2, 0.25) is 5.91 Å². The third-order valence-corrected chi connectivity index (χ3v) is 1.88. The van der Waals surface area contributed by atoms with Gasteiger partial charge < -0.3 is 15.4 Å². The molecule has 0 aliphatic rings. The standard InChI is InChI=1S/C9H20N2O2/c1-3-11(6-5-9(10)12)7-8-13-4-2/h3-8H2,1-2H3,(H2,10,12). The molecule has 0 aliphatic heterocycles. The quantitative estimate of drug-likeness (QED) is 0.554. The summed E-state index contributed by atoms with van der Waals surface area (Å²) >= 11 is 0. The van der Waals surface area contributed by atoms with Crippen LogP contribution in [0.2, 0.25) is 0 Å². The summed E-state index contributed by atoms with van der Waals surface area (Å²) < 4.78 is 5.21. The number of carbonyl (C=O) groups is 1. The molecule has 0 aromatic rings. The number of amides is 1. The number of nitrogens with two attached hydrogens (primary N) is 1. The van der Waals surface area contributed by atoms with Crippen LogP contribution in [-0.4, -0.2) is 43.7 Å². The molecule has 2 N–H and O–H groups in total. The van der Waals surface area contributed by atoms with Gasteiger partial charge in [0.05, 0.1) is 6.61 Å². The highest BCUT2D eigenvalue weighted by atomic mass is 16.5. The van der Waals surface area contributed by atoms with E-state index in [4.69, 9.17) is 10.5 Å². The number of nitrogens with zero attached hydrogens (tertiary/aromatic N) is 1. The number of hydrogen-bond acceptors (Lipinski definition) is 3. The molecule has 0 atom stereocenters. The molecule has 0 radical (unpaired) electrons. The molecule has 0 aromatic heterocycles. The highest BCUT2D eigenvalue weighted by molar-refractivity contribution is 5.73. The molecule has 0 saturated carbocycles. The SMILES string of the molecule is CCOCCN(CC)CCC(N)=O. The summed E-state index contributed by atoms with van der Waals surface area (Å²) in [5.41, 5.74) is 5.05. The van der Waals surface area contributed by atoms with Crippen LogP contribution in [0, 0.1) is 0 Å². The van der Waals surface area contributed by atoms with E-state index in [9.17, 15) is 4.79 Å². The molecular weight excluding hydrogens is 168 g/mol. The van der Waals surface area contributed by atoms with Crippen LogP contribution in [0.5, 0.6) is 0 Å². The van der Waals surface area contributed by atoms with E-state index in [-0.39, 0.29) is 5.91 Å². The van der Waals surface area contributed by atoms with Crippen molar-refractivity contribution in [1.29, 1.82) is 0 Å². The molecule has 78 valence electrons. The smallest absolute Gasteiger partial charge is 0.218 e. The van der Waals surface area contributed by atoms with Crippen molar-refractivity contribution in [3.63, 3.8) is 0 Å². The van der Waals surface area contributed by atoms with Gasteiger partial charge in [0, 0.05) is 26.1 Å². The monoisotopic (exact) mass is 188 g/mol. The van der Waals surface area contributed by atoms with Crippen LogP contribution in [0.3, 0.4) is 0 Å². The largest absolute Gasteiger partial charge is 0.380 e. The summed E-state index contributed by atoms with van der Waals surface area (Å²) in [5, 5.41) is 0. The van der Waals surface area contributed by atoms with E-state index < -0.39 is 0 Å². The zero-order valence-electron chi connectivity index (χ0n) is 8.58. The third-order valence-electron chi connectivity index (χ3n) is 1.88. The van der Waals surface area contributed by atoms with Gasteiger partial charge >= 0.3 is 0 Å². The second kappa shape index (κ2) is 8.01. The van der Waals surface area contributed by atoms with Gasteiger partial charge in [-0.2, -0.15) is 0 Å². The van der Waals surface area contributed by atoms with Gasteiger partial charge in [-0.05, 0) is 13.5 Å². The van der Waals surface area contributed by atoms with Gasteiger partial charge in [-0.15, -0.1) is 0 Å². The van der Waals surface area contributed by atoms with Gasteiger partial charge in [0.15, 0.2) is 0 Å². The molecule has 0 saturated heterocycles. The number of rotatable bonds is 8. The highest BCUT2D eigenvalue weighted by Crippen LogP contribution is 1.90. The Morgan fingerprint density at radius 1 is 1.38 bits per heavy atom. The molecule has 4 nitrogen and oxygen atoms in total. The summed E-state index contributed by atoms with van der Waals surface area (Å²) in [4.78, 5) is 12.7. The van der Waals surface area contributed by atoms with Crippen LogP contribution in [0.15, 0.2) is 0 Å². The minimum Gasteiger partial charge on any atom is -0.380 e. The Morgan fingerprint density at radius 2 is 2.08 bits per heavy atom. The molecule has 0 aliphatic carbocycles. The average Bonchev–Trinajstić information content (AvgIpc) is 2.10. The first-order valence-corrected chi connectivity index (χ1v) is 4.79. The highest BCUT2D eigenvalue weighted by Gasteiger charge is 2.03. The minimum atomic E-state index is -0.241. The second-order valence-corrected chi connectivity index (χ2v) is 2.85. The van der Waals surface area contributed by atoms with Crippen LogP contribution in [0.25, 0.3) is 0 Å². The first-order valence-electron chi connectivity index (χ1n) is 4.79. The van der Waals surface area contributed by atoms with Crippen molar-refractivity contribution < 1.29 is 9.53 Å². The molecule has 4 heteroatoms. The topological polar surface area (TPSA) is 55.6 Å². The number of primary amides is 1. The minimum absolute atomic E-state index is 0.241. The Bertz CT molecular complexity index is 140. The lowest BCUT2D eigenvalue weighted by molar-refractivity contribution is -0.118. The Hall–Kier alpha value is -0.610. The summed E-state index contributed by atoms with van der Waals surface area (Å²) in [6.07, 6.45) is 0.431. The van der Waals surface area contributed by atoms with Gasteiger partial charge in [0.1, 0.15) is 0 Å². The Balaban J connectivity index is 3.45. The first kappa shape index (κ1) is 12.4.